The van der Waals surface area contributed by atoms with Gasteiger partial charge in [-0.25, -0.2) is 17.7 Å². The second kappa shape index (κ2) is 9.82. The van der Waals surface area contributed by atoms with Gasteiger partial charge in [0.25, 0.3) is 5.91 Å². The summed E-state index contributed by atoms with van der Waals surface area (Å²) in [5.41, 5.74) is 1.41. The second-order valence-corrected chi connectivity index (χ2v) is 9.43. The van der Waals surface area contributed by atoms with Crippen LogP contribution >= 0.6 is 11.3 Å². The molecule has 1 aromatic heterocycles. The standard InChI is InChI=1S/C18H25N3O4S2/c1-4-27(23,24)21(3)11-5-10-19-18(22)15-6-8-17(9-7-15)25-12-16-13-26-14(2)20-16/h6-9,13H,4-5,10-12H2,1-3H3,(H,19,22). The van der Waals surface area contributed by atoms with Crippen molar-refractivity contribution in [1.29, 1.82) is 0 Å². The molecule has 0 aliphatic rings. The van der Waals surface area contributed by atoms with Crippen LogP contribution in [0.4, 0.5) is 0 Å². The number of carbonyl (C=O) groups is 1. The van der Waals surface area contributed by atoms with Crippen LogP contribution < -0.4 is 10.1 Å². The van der Waals surface area contributed by atoms with Gasteiger partial charge in [-0.2, -0.15) is 0 Å². The number of hydrogen-bond donors (Lipinski definition) is 1. The fourth-order valence-electron chi connectivity index (χ4n) is 2.30. The lowest BCUT2D eigenvalue weighted by Crippen LogP contribution is -2.32. The number of thiazole rings is 1. The fraction of sp³-hybridized carbons (Fsp3) is 0.444. The van der Waals surface area contributed by atoms with Gasteiger partial charge >= 0.3 is 0 Å². The summed E-state index contributed by atoms with van der Waals surface area (Å²) in [4.78, 5) is 16.5. The quantitative estimate of drug-likeness (QED) is 0.607. The van der Waals surface area contributed by atoms with E-state index >= 15 is 0 Å². The van der Waals surface area contributed by atoms with Crippen LogP contribution in [0.1, 0.15) is 34.4 Å². The molecule has 0 bridgehead atoms. The van der Waals surface area contributed by atoms with Crippen LogP contribution in [0.15, 0.2) is 29.6 Å². The Labute approximate surface area is 164 Å². The summed E-state index contributed by atoms with van der Waals surface area (Å²) in [5.74, 6) is 0.549. The third-order valence-corrected chi connectivity index (χ3v) is 6.63. The third-order valence-electron chi connectivity index (χ3n) is 3.94. The summed E-state index contributed by atoms with van der Waals surface area (Å²) in [7, 11) is -1.63. The Balaban J connectivity index is 1.75. The van der Waals surface area contributed by atoms with Crippen LogP contribution in [-0.2, 0) is 16.6 Å². The van der Waals surface area contributed by atoms with E-state index in [1.165, 1.54) is 4.31 Å². The van der Waals surface area contributed by atoms with Crippen molar-refractivity contribution in [3.8, 4) is 5.75 Å². The highest BCUT2D eigenvalue weighted by atomic mass is 32.2. The molecule has 1 amide bonds. The highest BCUT2D eigenvalue weighted by molar-refractivity contribution is 7.89. The van der Waals surface area contributed by atoms with Gasteiger partial charge in [-0.15, -0.1) is 11.3 Å². The van der Waals surface area contributed by atoms with E-state index in [0.717, 1.165) is 10.7 Å². The first-order chi connectivity index (χ1) is 12.8. The second-order valence-electron chi connectivity index (χ2n) is 6.00. The number of sulfonamides is 1. The number of amides is 1. The molecule has 0 aliphatic carbocycles. The first-order valence-electron chi connectivity index (χ1n) is 8.68. The molecule has 7 nitrogen and oxygen atoms in total. The minimum atomic E-state index is -3.18. The molecule has 1 aromatic carbocycles. The van der Waals surface area contributed by atoms with E-state index in [2.05, 4.69) is 10.3 Å². The lowest BCUT2D eigenvalue weighted by Gasteiger charge is -2.15. The lowest BCUT2D eigenvalue weighted by atomic mass is 10.2. The maximum atomic E-state index is 12.1. The molecule has 0 radical (unpaired) electrons. The molecule has 2 rings (SSSR count). The Kier molecular flexibility index (Phi) is 7.76. The predicted octanol–water partition coefficient (Wildman–Crippen LogP) is 2.43. The monoisotopic (exact) mass is 411 g/mol. The van der Waals surface area contributed by atoms with Crippen LogP contribution in [0.25, 0.3) is 0 Å². The summed E-state index contributed by atoms with van der Waals surface area (Å²) < 4.78 is 30.3. The number of nitrogens with one attached hydrogen (secondary N) is 1. The van der Waals surface area contributed by atoms with Crippen molar-refractivity contribution in [2.75, 3.05) is 25.9 Å². The number of nitrogens with zero attached hydrogens (tertiary/aromatic N) is 2. The van der Waals surface area contributed by atoms with Gasteiger partial charge in [0.1, 0.15) is 12.4 Å². The zero-order valence-electron chi connectivity index (χ0n) is 15.8. The first-order valence-corrected chi connectivity index (χ1v) is 11.2. The van der Waals surface area contributed by atoms with E-state index in [9.17, 15) is 13.2 Å². The van der Waals surface area contributed by atoms with Crippen LogP contribution in [0.5, 0.6) is 5.75 Å². The Morgan fingerprint density at radius 2 is 2.00 bits per heavy atom. The normalized spacial score (nSPS) is 11.6. The van der Waals surface area contributed by atoms with Crippen LogP contribution in [-0.4, -0.2) is 49.5 Å². The van der Waals surface area contributed by atoms with E-state index in [1.54, 1.807) is 49.6 Å². The summed E-state index contributed by atoms with van der Waals surface area (Å²) in [6.45, 7) is 4.73. The molecule has 0 atom stereocenters. The Morgan fingerprint density at radius 3 is 2.59 bits per heavy atom. The molecule has 0 aliphatic heterocycles. The first kappa shape index (κ1) is 21.3. The maximum absolute atomic E-state index is 12.1. The number of carbonyl (C=O) groups excluding carboxylic acids is 1. The summed E-state index contributed by atoms with van der Waals surface area (Å²) in [5, 5.41) is 5.75. The number of rotatable bonds is 10. The Bertz CT molecular complexity index is 848. The highest BCUT2D eigenvalue weighted by Gasteiger charge is 2.14. The van der Waals surface area contributed by atoms with Gasteiger partial charge < -0.3 is 10.1 Å². The molecule has 1 heterocycles. The smallest absolute Gasteiger partial charge is 0.251 e. The van der Waals surface area contributed by atoms with Crippen molar-refractivity contribution in [1.82, 2.24) is 14.6 Å². The molecule has 9 heteroatoms. The summed E-state index contributed by atoms with van der Waals surface area (Å²) in [6, 6.07) is 6.89. The number of hydrogen-bond acceptors (Lipinski definition) is 6. The van der Waals surface area contributed by atoms with Gasteiger partial charge in [0.15, 0.2) is 0 Å². The third kappa shape index (κ3) is 6.60. The van der Waals surface area contributed by atoms with Crippen molar-refractivity contribution >= 4 is 27.3 Å². The number of benzene rings is 1. The average Bonchev–Trinajstić information content (AvgIpc) is 3.08. The molecular formula is C18H25N3O4S2. The molecule has 148 valence electrons. The zero-order chi connectivity index (χ0) is 19.9. The zero-order valence-corrected chi connectivity index (χ0v) is 17.4. The van der Waals surface area contributed by atoms with Gasteiger partial charge in [0, 0.05) is 31.1 Å². The van der Waals surface area contributed by atoms with Gasteiger partial charge in [0.2, 0.25) is 10.0 Å². The molecule has 1 N–H and O–H groups in total. The molecule has 27 heavy (non-hydrogen) atoms. The minimum Gasteiger partial charge on any atom is -0.487 e. The van der Waals surface area contributed by atoms with Crippen molar-refractivity contribution in [2.24, 2.45) is 0 Å². The highest BCUT2D eigenvalue weighted by Crippen LogP contribution is 2.15. The molecule has 0 fully saturated rings. The van der Waals surface area contributed by atoms with E-state index in [1.807, 2.05) is 12.3 Å². The predicted molar refractivity (Wildman–Crippen MR) is 107 cm³/mol. The van der Waals surface area contributed by atoms with E-state index in [4.69, 9.17) is 4.74 Å². The van der Waals surface area contributed by atoms with Gasteiger partial charge in [-0.1, -0.05) is 0 Å². The van der Waals surface area contributed by atoms with Crippen LogP contribution in [0.3, 0.4) is 0 Å². The van der Waals surface area contributed by atoms with Crippen molar-refractivity contribution in [2.45, 2.75) is 26.9 Å². The molecule has 0 spiro atoms. The van der Waals surface area contributed by atoms with Crippen molar-refractivity contribution in [3.63, 3.8) is 0 Å². The van der Waals surface area contributed by atoms with Crippen LogP contribution in [0.2, 0.25) is 0 Å². The number of aromatic nitrogens is 1. The molecule has 2 aromatic rings. The number of aryl methyl sites for hydroxylation is 1. The van der Waals surface area contributed by atoms with Crippen molar-refractivity contribution in [3.05, 3.63) is 45.9 Å². The van der Waals surface area contributed by atoms with Crippen molar-refractivity contribution < 1.29 is 17.9 Å². The largest absolute Gasteiger partial charge is 0.487 e. The fourth-order valence-corrected chi connectivity index (χ4v) is 3.74. The molecule has 0 unspecified atom stereocenters. The van der Waals surface area contributed by atoms with Gasteiger partial charge in [0.05, 0.1) is 16.5 Å². The molecular weight excluding hydrogens is 386 g/mol. The van der Waals surface area contributed by atoms with E-state index < -0.39 is 10.0 Å². The average molecular weight is 412 g/mol. The van der Waals surface area contributed by atoms with Crippen LogP contribution in [0, 0.1) is 6.92 Å². The van der Waals surface area contributed by atoms with Gasteiger partial charge in [-0.3, -0.25) is 4.79 Å². The topological polar surface area (TPSA) is 88.6 Å². The SMILES string of the molecule is CCS(=O)(=O)N(C)CCCNC(=O)c1ccc(OCc2csc(C)n2)cc1. The number of ether oxygens (including phenoxy) is 1. The van der Waals surface area contributed by atoms with E-state index in [-0.39, 0.29) is 11.7 Å². The molecule has 0 saturated heterocycles. The molecule has 0 saturated carbocycles. The summed E-state index contributed by atoms with van der Waals surface area (Å²) in [6.07, 6.45) is 0.551. The Hall–Kier alpha value is -1.97. The summed E-state index contributed by atoms with van der Waals surface area (Å²) >= 11 is 1.58. The Morgan fingerprint density at radius 1 is 1.30 bits per heavy atom. The lowest BCUT2D eigenvalue weighted by molar-refractivity contribution is 0.0953. The van der Waals surface area contributed by atoms with E-state index in [0.29, 0.717) is 37.4 Å². The minimum absolute atomic E-state index is 0.0758. The van der Waals surface area contributed by atoms with Gasteiger partial charge in [-0.05, 0) is 44.5 Å². The maximum Gasteiger partial charge on any atom is 0.251 e.